The highest BCUT2D eigenvalue weighted by Crippen LogP contribution is 2.43. The molecule has 0 N–H and O–H groups in total. The third-order valence-electron chi connectivity index (χ3n) is 3.14. The Bertz CT molecular complexity index is 407. The van der Waals surface area contributed by atoms with Crippen molar-refractivity contribution in [2.45, 2.75) is 45.4 Å². The topological polar surface area (TPSA) is 23.8 Å². The highest BCUT2D eigenvalue weighted by molar-refractivity contribution is 7.12. The van der Waals surface area contributed by atoms with Crippen molar-refractivity contribution in [2.75, 3.05) is 0 Å². The lowest BCUT2D eigenvalue weighted by atomic mass is 9.77. The third kappa shape index (κ3) is 1.27. The second-order valence-corrected chi connectivity index (χ2v) is 5.91. The van der Waals surface area contributed by atoms with Crippen LogP contribution in [0.25, 0.3) is 0 Å². The molecule has 2 heteroatoms. The first-order valence-electron chi connectivity index (χ1n) is 5.09. The molecule has 1 nitrogen and oxygen atoms in total. The molecule has 0 radical (unpaired) electrons. The quantitative estimate of drug-likeness (QED) is 0.635. The van der Waals surface area contributed by atoms with E-state index in [9.17, 15) is 0 Å². The van der Waals surface area contributed by atoms with Gasteiger partial charge < -0.3 is 0 Å². The zero-order valence-electron chi connectivity index (χ0n) is 8.98. The number of nitriles is 1. The fraction of sp³-hybridized carbons (Fsp3) is 0.583. The van der Waals surface area contributed by atoms with Gasteiger partial charge in [-0.2, -0.15) is 5.26 Å². The Labute approximate surface area is 89.4 Å². The summed E-state index contributed by atoms with van der Waals surface area (Å²) >= 11 is 1.83. The number of nitrogens with zero attached hydrogens (tertiary/aromatic N) is 1. The second-order valence-electron chi connectivity index (χ2n) is 4.69. The molecule has 1 aliphatic carbocycles. The number of rotatable bonds is 0. The van der Waals surface area contributed by atoms with Gasteiger partial charge in [-0.25, -0.2) is 0 Å². The van der Waals surface area contributed by atoms with Crippen molar-refractivity contribution >= 4 is 11.3 Å². The van der Waals surface area contributed by atoms with Crippen molar-refractivity contribution in [2.24, 2.45) is 0 Å². The molecule has 0 atom stereocenters. The minimum absolute atomic E-state index is 0.290. The van der Waals surface area contributed by atoms with Crippen LogP contribution in [-0.4, -0.2) is 0 Å². The molecule has 14 heavy (non-hydrogen) atoms. The highest BCUT2D eigenvalue weighted by atomic mass is 32.1. The van der Waals surface area contributed by atoms with Crippen LogP contribution in [0, 0.1) is 18.3 Å². The molecule has 0 saturated carbocycles. The van der Waals surface area contributed by atoms with Crippen LogP contribution in [0.15, 0.2) is 0 Å². The molecule has 0 spiro atoms. The molecule has 0 aromatic carbocycles. The van der Waals surface area contributed by atoms with Gasteiger partial charge in [0.15, 0.2) is 0 Å². The Morgan fingerprint density at radius 1 is 1.43 bits per heavy atom. The van der Waals surface area contributed by atoms with Crippen molar-refractivity contribution in [1.29, 1.82) is 5.26 Å². The molecule has 2 rings (SSSR count). The number of thiophene rings is 1. The Hall–Kier alpha value is -0.810. The third-order valence-corrected chi connectivity index (χ3v) is 4.65. The average molecular weight is 205 g/mol. The molecule has 0 unspecified atom stereocenters. The average Bonchev–Trinajstić information content (AvgIpc) is 2.42. The van der Waals surface area contributed by atoms with Crippen molar-refractivity contribution in [3.05, 3.63) is 20.9 Å². The second kappa shape index (κ2) is 3.10. The number of hydrogen-bond acceptors (Lipinski definition) is 2. The summed E-state index contributed by atoms with van der Waals surface area (Å²) in [5.74, 6) is 0. The van der Waals surface area contributed by atoms with Crippen LogP contribution in [0.1, 0.15) is 47.6 Å². The van der Waals surface area contributed by atoms with E-state index in [0.717, 1.165) is 12.0 Å². The number of hydrogen-bond donors (Lipinski definition) is 0. The molecule has 1 aromatic heterocycles. The van der Waals surface area contributed by atoms with Gasteiger partial charge in [-0.1, -0.05) is 13.8 Å². The van der Waals surface area contributed by atoms with E-state index in [1.165, 1.54) is 28.2 Å². The Balaban J connectivity index is 2.64. The van der Waals surface area contributed by atoms with E-state index in [-0.39, 0.29) is 5.41 Å². The maximum absolute atomic E-state index is 9.09. The maximum Gasteiger partial charge on any atom is 0.101 e. The van der Waals surface area contributed by atoms with Crippen LogP contribution in [0.2, 0.25) is 0 Å². The molecule has 0 bridgehead atoms. The Morgan fingerprint density at radius 3 is 2.79 bits per heavy atom. The van der Waals surface area contributed by atoms with E-state index < -0.39 is 0 Å². The molecule has 0 amide bonds. The molecular weight excluding hydrogens is 190 g/mol. The summed E-state index contributed by atoms with van der Waals surface area (Å²) in [6.07, 6.45) is 3.58. The van der Waals surface area contributed by atoms with Gasteiger partial charge in [-0.15, -0.1) is 11.3 Å². The van der Waals surface area contributed by atoms with Gasteiger partial charge in [0.05, 0.1) is 5.56 Å². The summed E-state index contributed by atoms with van der Waals surface area (Å²) < 4.78 is 0. The first kappa shape index (κ1) is 9.73. The fourth-order valence-electron chi connectivity index (χ4n) is 2.34. The van der Waals surface area contributed by atoms with Gasteiger partial charge in [0, 0.05) is 9.75 Å². The van der Waals surface area contributed by atoms with Gasteiger partial charge in [-0.05, 0) is 37.2 Å². The molecule has 1 aromatic rings. The molecular formula is C12H15NS. The lowest BCUT2D eigenvalue weighted by Crippen LogP contribution is -2.21. The lowest BCUT2D eigenvalue weighted by Gasteiger charge is -2.29. The van der Waals surface area contributed by atoms with Gasteiger partial charge in [0.2, 0.25) is 0 Å². The first-order chi connectivity index (χ1) is 6.56. The van der Waals surface area contributed by atoms with E-state index in [4.69, 9.17) is 5.26 Å². The van der Waals surface area contributed by atoms with E-state index in [0.29, 0.717) is 0 Å². The van der Waals surface area contributed by atoms with Crippen molar-refractivity contribution in [1.82, 2.24) is 0 Å². The molecule has 1 heterocycles. The highest BCUT2D eigenvalue weighted by Gasteiger charge is 2.31. The number of fused-ring (bicyclic) bond motifs is 1. The van der Waals surface area contributed by atoms with Crippen molar-refractivity contribution in [3.63, 3.8) is 0 Å². The van der Waals surface area contributed by atoms with Crippen LogP contribution in [0.3, 0.4) is 0 Å². The van der Waals surface area contributed by atoms with Crippen molar-refractivity contribution in [3.8, 4) is 6.07 Å². The molecule has 0 saturated heterocycles. The van der Waals surface area contributed by atoms with Crippen LogP contribution in [-0.2, 0) is 11.8 Å². The van der Waals surface area contributed by atoms with Crippen molar-refractivity contribution < 1.29 is 0 Å². The van der Waals surface area contributed by atoms with Crippen LogP contribution >= 0.6 is 11.3 Å². The lowest BCUT2D eigenvalue weighted by molar-refractivity contribution is 0.442. The van der Waals surface area contributed by atoms with Gasteiger partial charge in [0.25, 0.3) is 0 Å². The Morgan fingerprint density at radius 2 is 2.14 bits per heavy atom. The monoisotopic (exact) mass is 205 g/mol. The standard InChI is InChI=1S/C12H15NS/c1-8-10(7-13)9-5-4-6-12(2,3)11(9)14-8/h4-6H2,1-3H3. The van der Waals surface area contributed by atoms with Gasteiger partial charge >= 0.3 is 0 Å². The van der Waals surface area contributed by atoms with Gasteiger partial charge in [-0.3, -0.25) is 0 Å². The summed E-state index contributed by atoms with van der Waals surface area (Å²) in [5.41, 5.74) is 2.59. The normalized spacial score (nSPS) is 18.7. The predicted octanol–water partition coefficient (Wildman–Crippen LogP) is 3.54. The van der Waals surface area contributed by atoms with Gasteiger partial charge in [0.1, 0.15) is 6.07 Å². The minimum atomic E-state index is 0.290. The number of aryl methyl sites for hydroxylation is 1. The van der Waals surface area contributed by atoms with E-state index in [2.05, 4.69) is 26.8 Å². The molecule has 74 valence electrons. The fourth-order valence-corrected chi connectivity index (χ4v) is 3.63. The maximum atomic E-state index is 9.09. The molecule has 1 aliphatic rings. The van der Waals surface area contributed by atoms with Crippen LogP contribution < -0.4 is 0 Å². The summed E-state index contributed by atoms with van der Waals surface area (Å²) in [6.45, 7) is 6.65. The van der Waals surface area contributed by atoms with Crippen LogP contribution in [0.5, 0.6) is 0 Å². The smallest absolute Gasteiger partial charge is 0.101 e. The molecule has 0 aliphatic heterocycles. The summed E-state index contributed by atoms with van der Waals surface area (Å²) in [5, 5.41) is 9.09. The largest absolute Gasteiger partial charge is 0.192 e. The SMILES string of the molecule is Cc1sc2c(c1C#N)CCCC2(C)C. The minimum Gasteiger partial charge on any atom is -0.192 e. The van der Waals surface area contributed by atoms with E-state index >= 15 is 0 Å². The summed E-state index contributed by atoms with van der Waals surface area (Å²) in [7, 11) is 0. The molecule has 0 fully saturated rings. The zero-order valence-corrected chi connectivity index (χ0v) is 9.79. The van der Waals surface area contributed by atoms with E-state index in [1.54, 1.807) is 0 Å². The van der Waals surface area contributed by atoms with E-state index in [1.807, 2.05) is 11.3 Å². The predicted molar refractivity (Wildman–Crippen MR) is 59.7 cm³/mol. The zero-order chi connectivity index (χ0) is 10.3. The first-order valence-corrected chi connectivity index (χ1v) is 5.91. The Kier molecular flexibility index (Phi) is 2.16. The summed E-state index contributed by atoms with van der Waals surface area (Å²) in [4.78, 5) is 2.66. The summed E-state index contributed by atoms with van der Waals surface area (Å²) in [6, 6.07) is 2.35. The van der Waals surface area contributed by atoms with Crippen LogP contribution in [0.4, 0.5) is 0 Å².